The minimum Gasteiger partial charge on any atom is -0.486 e. The normalized spacial score (nSPS) is 11.2. The van der Waals surface area contributed by atoms with E-state index < -0.39 is 11.5 Å². The summed E-state index contributed by atoms with van der Waals surface area (Å²) < 4.78 is 6.44. The Bertz CT molecular complexity index is 1410. The van der Waals surface area contributed by atoms with Crippen LogP contribution in [0.2, 0.25) is 5.02 Å². The average molecular weight is 575 g/mol. The monoisotopic (exact) mass is 573 g/mol. The number of carbonyl (C=O) groups excluding carboxylic acids is 1. The molecule has 184 valence electrons. The first-order valence-corrected chi connectivity index (χ1v) is 12.4. The quantitative estimate of drug-likeness (QED) is 0.201. The molecule has 6 nitrogen and oxygen atoms in total. The third-order valence-corrected chi connectivity index (χ3v) is 6.49. The van der Waals surface area contributed by atoms with Crippen molar-refractivity contribution in [1.29, 1.82) is 5.26 Å². The average Bonchev–Trinajstić information content (AvgIpc) is 2.93. The van der Waals surface area contributed by atoms with E-state index in [-0.39, 0.29) is 6.61 Å². The maximum absolute atomic E-state index is 13.2. The lowest BCUT2D eigenvalue weighted by atomic mass is 9.85. The molecule has 4 aromatic rings. The Balaban J connectivity index is 1.50. The molecule has 0 aliphatic heterocycles. The standard InChI is InChI=1S/C29H21BrClN3O3/c30-25-15-20(16-26(31)27(25)37-19-22-10-8-7-9-21(22)17-32)18-33-34-28(35)29(36,23-11-3-1-4-12-23)24-13-5-2-6-14-24/h1-16,18,36H,19H2,(H,34,35)/b33-18-. The summed E-state index contributed by atoms with van der Waals surface area (Å²) in [6.45, 7) is 0.170. The lowest BCUT2D eigenvalue weighted by Crippen LogP contribution is -2.43. The molecule has 0 aromatic heterocycles. The van der Waals surface area contributed by atoms with E-state index in [1.165, 1.54) is 6.21 Å². The van der Waals surface area contributed by atoms with Gasteiger partial charge < -0.3 is 9.84 Å². The van der Waals surface area contributed by atoms with Crippen LogP contribution >= 0.6 is 27.5 Å². The topological polar surface area (TPSA) is 94.7 Å². The molecule has 4 aromatic carbocycles. The predicted octanol–water partition coefficient (Wildman–Crippen LogP) is 5.94. The fourth-order valence-electron chi connectivity index (χ4n) is 3.73. The molecular formula is C29H21BrClN3O3. The molecule has 0 saturated carbocycles. The van der Waals surface area contributed by atoms with Gasteiger partial charge in [-0.3, -0.25) is 4.79 Å². The Kier molecular flexibility index (Phi) is 8.36. The smallest absolute Gasteiger partial charge is 0.281 e. The van der Waals surface area contributed by atoms with Crippen molar-refractivity contribution in [1.82, 2.24) is 5.43 Å². The molecule has 1 amide bonds. The summed E-state index contributed by atoms with van der Waals surface area (Å²) in [6, 6.07) is 30.0. The van der Waals surface area contributed by atoms with Crippen molar-refractivity contribution in [3.05, 3.63) is 134 Å². The van der Waals surface area contributed by atoms with Crippen LogP contribution in [-0.4, -0.2) is 17.2 Å². The minimum atomic E-state index is -1.94. The van der Waals surface area contributed by atoms with Gasteiger partial charge in [-0.25, -0.2) is 5.43 Å². The number of hydrazone groups is 1. The van der Waals surface area contributed by atoms with Crippen molar-refractivity contribution in [2.24, 2.45) is 5.10 Å². The van der Waals surface area contributed by atoms with Crippen LogP contribution < -0.4 is 10.2 Å². The second-order valence-electron chi connectivity index (χ2n) is 8.01. The van der Waals surface area contributed by atoms with Crippen molar-refractivity contribution < 1.29 is 14.6 Å². The molecule has 2 N–H and O–H groups in total. The Morgan fingerprint density at radius 1 is 1.03 bits per heavy atom. The van der Waals surface area contributed by atoms with E-state index in [1.54, 1.807) is 72.8 Å². The maximum atomic E-state index is 13.2. The minimum absolute atomic E-state index is 0.170. The number of nitrogens with one attached hydrogen (secondary N) is 1. The first kappa shape index (κ1) is 26.1. The summed E-state index contributed by atoms with van der Waals surface area (Å²) >= 11 is 9.90. The Morgan fingerprint density at radius 2 is 1.62 bits per heavy atom. The van der Waals surface area contributed by atoms with Crippen LogP contribution in [0.15, 0.2) is 107 Å². The molecule has 0 saturated heterocycles. The zero-order valence-electron chi connectivity index (χ0n) is 19.4. The van der Waals surface area contributed by atoms with Crippen molar-refractivity contribution in [3.8, 4) is 11.8 Å². The largest absolute Gasteiger partial charge is 0.486 e. The maximum Gasteiger partial charge on any atom is 0.281 e. The Morgan fingerprint density at radius 3 is 2.22 bits per heavy atom. The van der Waals surface area contributed by atoms with Crippen molar-refractivity contribution in [3.63, 3.8) is 0 Å². The van der Waals surface area contributed by atoms with Gasteiger partial charge >= 0.3 is 0 Å². The molecule has 0 atom stereocenters. The summed E-state index contributed by atoms with van der Waals surface area (Å²) in [7, 11) is 0. The molecule has 0 radical (unpaired) electrons. The van der Waals surface area contributed by atoms with E-state index in [0.29, 0.717) is 37.5 Å². The SMILES string of the molecule is N#Cc1ccccc1COc1c(Cl)cc(/C=N\NC(=O)C(O)(c2ccccc2)c2ccccc2)cc1Br. The molecule has 0 fully saturated rings. The van der Waals surface area contributed by atoms with Gasteiger partial charge in [-0.05, 0) is 50.8 Å². The van der Waals surface area contributed by atoms with E-state index in [2.05, 4.69) is 32.5 Å². The molecule has 37 heavy (non-hydrogen) atoms. The Labute approximate surface area is 227 Å². The number of carbonyl (C=O) groups is 1. The first-order valence-electron chi connectivity index (χ1n) is 11.2. The number of nitriles is 1. The fraction of sp³-hybridized carbons (Fsp3) is 0.0690. The van der Waals surface area contributed by atoms with Crippen LogP contribution in [0.25, 0.3) is 0 Å². The summed E-state index contributed by atoms with van der Waals surface area (Å²) in [5, 5.41) is 25.1. The number of amides is 1. The number of rotatable bonds is 8. The van der Waals surface area contributed by atoms with E-state index in [4.69, 9.17) is 16.3 Å². The molecule has 4 rings (SSSR count). The van der Waals surface area contributed by atoms with Crippen LogP contribution in [0.5, 0.6) is 5.75 Å². The van der Waals surface area contributed by atoms with Gasteiger partial charge in [0.25, 0.3) is 5.91 Å². The lowest BCUT2D eigenvalue weighted by Gasteiger charge is -2.27. The van der Waals surface area contributed by atoms with Crippen LogP contribution in [0, 0.1) is 11.3 Å². The van der Waals surface area contributed by atoms with Gasteiger partial charge in [0, 0.05) is 5.56 Å². The van der Waals surface area contributed by atoms with Crippen LogP contribution in [0.4, 0.5) is 0 Å². The number of hydrogen-bond donors (Lipinski definition) is 2. The van der Waals surface area contributed by atoms with Gasteiger partial charge in [0.05, 0.1) is 27.3 Å². The van der Waals surface area contributed by atoms with Gasteiger partial charge in [0.2, 0.25) is 0 Å². The molecule has 0 unspecified atom stereocenters. The Hall–Kier alpha value is -3.96. The second kappa shape index (κ2) is 11.8. The molecular weight excluding hydrogens is 554 g/mol. The highest BCUT2D eigenvalue weighted by Crippen LogP contribution is 2.35. The second-order valence-corrected chi connectivity index (χ2v) is 9.27. The van der Waals surface area contributed by atoms with Gasteiger partial charge in [-0.2, -0.15) is 10.4 Å². The van der Waals surface area contributed by atoms with Crippen molar-refractivity contribution >= 4 is 39.7 Å². The summed E-state index contributed by atoms with van der Waals surface area (Å²) in [5.74, 6) is -0.291. The predicted molar refractivity (Wildman–Crippen MR) is 146 cm³/mol. The number of hydrogen-bond acceptors (Lipinski definition) is 5. The molecule has 8 heteroatoms. The molecule has 0 aliphatic rings. The molecule has 0 spiro atoms. The van der Waals surface area contributed by atoms with Gasteiger partial charge in [0.1, 0.15) is 6.61 Å². The first-order chi connectivity index (χ1) is 17.9. The number of nitrogens with zero attached hydrogens (tertiary/aromatic N) is 2. The number of aliphatic hydroxyl groups is 1. The zero-order valence-corrected chi connectivity index (χ0v) is 21.8. The highest BCUT2D eigenvalue weighted by atomic mass is 79.9. The number of ether oxygens (including phenoxy) is 1. The van der Waals surface area contributed by atoms with Crippen LogP contribution in [0.1, 0.15) is 27.8 Å². The van der Waals surface area contributed by atoms with E-state index >= 15 is 0 Å². The number of halogens is 2. The van der Waals surface area contributed by atoms with E-state index in [9.17, 15) is 15.2 Å². The highest BCUT2D eigenvalue weighted by Gasteiger charge is 2.39. The zero-order chi connectivity index (χ0) is 26.3. The third-order valence-electron chi connectivity index (χ3n) is 5.62. The molecule has 0 aliphatic carbocycles. The van der Waals surface area contributed by atoms with Gasteiger partial charge in [-0.15, -0.1) is 0 Å². The van der Waals surface area contributed by atoms with E-state index in [1.807, 2.05) is 24.3 Å². The third kappa shape index (κ3) is 5.89. The lowest BCUT2D eigenvalue weighted by molar-refractivity contribution is -0.136. The number of benzene rings is 4. The van der Waals surface area contributed by atoms with Crippen molar-refractivity contribution in [2.75, 3.05) is 0 Å². The summed E-state index contributed by atoms with van der Waals surface area (Å²) in [5.41, 5.74) is 3.20. The van der Waals surface area contributed by atoms with Gasteiger partial charge in [0.15, 0.2) is 11.4 Å². The van der Waals surface area contributed by atoms with Crippen molar-refractivity contribution in [2.45, 2.75) is 12.2 Å². The molecule has 0 bridgehead atoms. The van der Waals surface area contributed by atoms with Crippen LogP contribution in [0.3, 0.4) is 0 Å². The van der Waals surface area contributed by atoms with Gasteiger partial charge in [-0.1, -0.05) is 90.5 Å². The fourth-order valence-corrected chi connectivity index (χ4v) is 4.72. The van der Waals surface area contributed by atoms with Crippen LogP contribution in [-0.2, 0) is 17.0 Å². The summed E-state index contributed by atoms with van der Waals surface area (Å²) in [6.07, 6.45) is 1.42. The highest BCUT2D eigenvalue weighted by molar-refractivity contribution is 9.10. The summed E-state index contributed by atoms with van der Waals surface area (Å²) in [4.78, 5) is 13.2. The molecule has 0 heterocycles. The van der Waals surface area contributed by atoms with E-state index in [0.717, 1.165) is 5.56 Å².